The number of nitrogens with zero attached hydrogens (tertiary/aromatic N) is 3. The highest BCUT2D eigenvalue weighted by Crippen LogP contribution is 2.38. The van der Waals surface area contributed by atoms with Crippen molar-refractivity contribution in [2.24, 2.45) is 0 Å². The standard InChI is InChI=1S/C38H48Cl2N4O2/c1-42(2)37(46)38(20-22-41-23-21-38)44-24-8-7-11-33(44)18-16-32(31-17-19-34(39)35(40)26-31)27-43(3)36(45)25-28-12-14-30(15-13-28)29-9-5-4-6-10-29/h4-6,9-10,12-15,17,19,26,32-33,41H,7-8,11,16,18,20-25,27H2,1-3H3. The van der Waals surface area contributed by atoms with E-state index in [-0.39, 0.29) is 17.7 Å². The molecule has 0 aliphatic carbocycles. The second-order valence-electron chi connectivity index (χ2n) is 13.3. The second-order valence-corrected chi connectivity index (χ2v) is 14.1. The third kappa shape index (κ3) is 8.14. The first-order chi connectivity index (χ1) is 22.2. The number of hydrogen-bond acceptors (Lipinski definition) is 4. The average molecular weight is 664 g/mol. The van der Waals surface area contributed by atoms with Crippen molar-refractivity contribution in [2.45, 2.75) is 68.9 Å². The van der Waals surface area contributed by atoms with Gasteiger partial charge in [-0.2, -0.15) is 0 Å². The molecular formula is C38H48Cl2N4O2. The van der Waals surface area contributed by atoms with Gasteiger partial charge in [0.05, 0.1) is 16.5 Å². The maximum Gasteiger partial charge on any atom is 0.242 e. The van der Waals surface area contributed by atoms with Gasteiger partial charge in [-0.25, -0.2) is 0 Å². The summed E-state index contributed by atoms with van der Waals surface area (Å²) in [6.07, 6.45) is 7.21. The van der Waals surface area contributed by atoms with Crippen molar-refractivity contribution in [3.63, 3.8) is 0 Å². The van der Waals surface area contributed by atoms with Crippen molar-refractivity contribution >= 4 is 35.0 Å². The normalized spacial score (nSPS) is 18.9. The van der Waals surface area contributed by atoms with Crippen LogP contribution in [0.25, 0.3) is 11.1 Å². The summed E-state index contributed by atoms with van der Waals surface area (Å²) in [5, 5.41) is 4.53. The van der Waals surface area contributed by atoms with Crippen LogP contribution in [0, 0.1) is 0 Å². The number of likely N-dealkylation sites (tertiary alicyclic amines) is 1. The number of rotatable bonds is 11. The summed E-state index contributed by atoms with van der Waals surface area (Å²) < 4.78 is 0. The smallest absolute Gasteiger partial charge is 0.242 e. The predicted octanol–water partition coefficient (Wildman–Crippen LogP) is 7.29. The third-order valence-corrected chi connectivity index (χ3v) is 10.8. The molecule has 0 radical (unpaired) electrons. The van der Waals surface area contributed by atoms with Gasteiger partial charge in [-0.05, 0) is 92.5 Å². The van der Waals surface area contributed by atoms with Crippen LogP contribution in [-0.4, -0.2) is 85.4 Å². The predicted molar refractivity (Wildman–Crippen MR) is 190 cm³/mol. The zero-order chi connectivity index (χ0) is 32.7. The molecule has 2 aliphatic rings. The zero-order valence-corrected chi connectivity index (χ0v) is 29.0. The van der Waals surface area contributed by atoms with Crippen LogP contribution in [0.1, 0.15) is 62.0 Å². The van der Waals surface area contributed by atoms with Gasteiger partial charge < -0.3 is 15.1 Å². The molecule has 0 spiro atoms. The number of carbonyl (C=O) groups excluding carboxylic acids is 2. The van der Waals surface area contributed by atoms with Crippen LogP contribution in [0.15, 0.2) is 72.8 Å². The summed E-state index contributed by atoms with van der Waals surface area (Å²) in [4.78, 5) is 33.5. The summed E-state index contributed by atoms with van der Waals surface area (Å²) >= 11 is 12.8. The van der Waals surface area contributed by atoms with Crippen molar-refractivity contribution in [1.82, 2.24) is 20.0 Å². The number of hydrogen-bond donors (Lipinski definition) is 1. The van der Waals surface area contributed by atoms with Gasteiger partial charge in [0.15, 0.2) is 0 Å². The van der Waals surface area contributed by atoms with Gasteiger partial charge >= 0.3 is 0 Å². The minimum Gasteiger partial charge on any atom is -0.347 e. The van der Waals surface area contributed by atoms with Crippen LogP contribution in [0.5, 0.6) is 0 Å². The van der Waals surface area contributed by atoms with Gasteiger partial charge in [0.1, 0.15) is 5.54 Å². The third-order valence-electron chi connectivity index (χ3n) is 10.0. The number of piperidine rings is 2. The van der Waals surface area contributed by atoms with E-state index in [9.17, 15) is 9.59 Å². The maximum absolute atomic E-state index is 13.7. The molecule has 3 aromatic rings. The lowest BCUT2D eigenvalue weighted by molar-refractivity contribution is -0.148. The van der Waals surface area contributed by atoms with E-state index in [2.05, 4.69) is 34.5 Å². The van der Waals surface area contributed by atoms with E-state index in [1.807, 2.05) is 74.6 Å². The van der Waals surface area contributed by atoms with Crippen molar-refractivity contribution in [1.29, 1.82) is 0 Å². The van der Waals surface area contributed by atoms with E-state index in [1.165, 1.54) is 6.42 Å². The molecule has 2 amide bonds. The quantitative estimate of drug-likeness (QED) is 0.234. The molecule has 5 rings (SSSR count). The van der Waals surface area contributed by atoms with Gasteiger partial charge in [0.2, 0.25) is 11.8 Å². The first kappa shape index (κ1) is 34.4. The van der Waals surface area contributed by atoms with Gasteiger partial charge in [0.25, 0.3) is 0 Å². The highest BCUT2D eigenvalue weighted by atomic mass is 35.5. The summed E-state index contributed by atoms with van der Waals surface area (Å²) in [6, 6.07) is 24.7. The Bertz CT molecular complexity index is 1460. The molecule has 46 heavy (non-hydrogen) atoms. The fraction of sp³-hybridized carbons (Fsp3) is 0.474. The Morgan fingerprint density at radius 2 is 1.61 bits per heavy atom. The van der Waals surface area contributed by atoms with Gasteiger partial charge in [-0.3, -0.25) is 14.5 Å². The number of carbonyl (C=O) groups is 2. The number of likely N-dealkylation sites (N-methyl/N-ethyl adjacent to an activating group) is 2. The number of nitrogens with one attached hydrogen (secondary N) is 1. The van der Waals surface area contributed by atoms with Crippen LogP contribution < -0.4 is 5.32 Å². The summed E-state index contributed by atoms with van der Waals surface area (Å²) in [7, 11) is 5.67. The van der Waals surface area contributed by atoms with E-state index in [1.54, 1.807) is 4.90 Å². The Morgan fingerprint density at radius 1 is 0.913 bits per heavy atom. The maximum atomic E-state index is 13.7. The molecule has 246 valence electrons. The molecule has 2 heterocycles. The number of benzene rings is 3. The largest absolute Gasteiger partial charge is 0.347 e. The van der Waals surface area contributed by atoms with Crippen LogP contribution >= 0.6 is 23.2 Å². The zero-order valence-electron chi connectivity index (χ0n) is 27.5. The molecule has 0 saturated carbocycles. The van der Waals surface area contributed by atoms with E-state index in [4.69, 9.17) is 23.2 Å². The van der Waals surface area contributed by atoms with Crippen LogP contribution in [0.3, 0.4) is 0 Å². The Labute approximate surface area is 285 Å². The SMILES string of the molecule is CN(C)C(=O)C1(N2CCCCC2CCC(CN(C)C(=O)Cc2ccc(-c3ccccc3)cc2)c2ccc(Cl)c(Cl)c2)CCNCC1. The Morgan fingerprint density at radius 3 is 2.28 bits per heavy atom. The lowest BCUT2D eigenvalue weighted by Gasteiger charge is -2.51. The number of amides is 2. The Hall–Kier alpha value is -2.90. The van der Waals surface area contributed by atoms with E-state index in [0.717, 1.165) is 80.4 Å². The highest BCUT2D eigenvalue weighted by Gasteiger charge is 2.48. The molecule has 2 unspecified atom stereocenters. The molecule has 2 saturated heterocycles. The van der Waals surface area contributed by atoms with Gasteiger partial charge in [-0.15, -0.1) is 0 Å². The second kappa shape index (κ2) is 15.8. The molecule has 0 bridgehead atoms. The van der Waals surface area contributed by atoms with E-state index in [0.29, 0.717) is 29.1 Å². The first-order valence-corrected chi connectivity index (χ1v) is 17.5. The molecule has 2 atom stereocenters. The minimum absolute atomic E-state index is 0.0847. The van der Waals surface area contributed by atoms with Crippen molar-refractivity contribution in [3.05, 3.63) is 94.0 Å². The minimum atomic E-state index is -0.457. The van der Waals surface area contributed by atoms with E-state index >= 15 is 0 Å². The Balaban J connectivity index is 1.30. The first-order valence-electron chi connectivity index (χ1n) is 16.7. The highest BCUT2D eigenvalue weighted by molar-refractivity contribution is 6.42. The molecule has 3 aromatic carbocycles. The van der Waals surface area contributed by atoms with Gasteiger partial charge in [-0.1, -0.05) is 90.3 Å². The topological polar surface area (TPSA) is 55.9 Å². The van der Waals surface area contributed by atoms with Crippen molar-refractivity contribution in [2.75, 3.05) is 47.3 Å². The molecule has 1 N–H and O–H groups in total. The fourth-order valence-corrected chi connectivity index (χ4v) is 7.76. The summed E-state index contributed by atoms with van der Waals surface area (Å²) in [5.41, 5.74) is 3.93. The monoisotopic (exact) mass is 662 g/mol. The molecular weight excluding hydrogens is 615 g/mol. The summed E-state index contributed by atoms with van der Waals surface area (Å²) in [6.45, 7) is 3.24. The van der Waals surface area contributed by atoms with E-state index < -0.39 is 5.54 Å². The van der Waals surface area contributed by atoms with Crippen LogP contribution in [0.2, 0.25) is 10.0 Å². The lowest BCUT2D eigenvalue weighted by atomic mass is 9.80. The Kier molecular flexibility index (Phi) is 11.8. The fourth-order valence-electron chi connectivity index (χ4n) is 7.46. The molecule has 6 nitrogen and oxygen atoms in total. The van der Waals surface area contributed by atoms with Crippen molar-refractivity contribution in [3.8, 4) is 11.1 Å². The number of halogens is 2. The van der Waals surface area contributed by atoms with Crippen LogP contribution in [0.4, 0.5) is 0 Å². The van der Waals surface area contributed by atoms with Crippen molar-refractivity contribution < 1.29 is 9.59 Å². The average Bonchev–Trinajstić information content (AvgIpc) is 3.08. The summed E-state index contributed by atoms with van der Waals surface area (Å²) in [5.74, 6) is 0.396. The molecule has 8 heteroatoms. The van der Waals surface area contributed by atoms with Gasteiger partial charge in [0, 0.05) is 39.6 Å². The lowest BCUT2D eigenvalue weighted by Crippen LogP contribution is -2.66. The molecule has 2 aliphatic heterocycles. The van der Waals surface area contributed by atoms with Crippen LogP contribution in [-0.2, 0) is 16.0 Å². The molecule has 2 fully saturated rings. The molecule has 0 aromatic heterocycles.